The Morgan fingerprint density at radius 2 is 1.86 bits per heavy atom. The van der Waals surface area contributed by atoms with Gasteiger partial charge in [0, 0.05) is 19.0 Å². The van der Waals surface area contributed by atoms with E-state index in [1.165, 1.54) is 4.90 Å². The number of carbonyl (C=O) groups excluding carboxylic acids is 1. The fourth-order valence-corrected chi connectivity index (χ4v) is 1.26. The van der Waals surface area contributed by atoms with Gasteiger partial charge in [-0.3, -0.25) is 4.79 Å². The highest BCUT2D eigenvalue weighted by atomic mass is 16.3. The number of nitrogens with two attached hydrogens (primary N) is 1. The first-order chi connectivity index (χ1) is 6.67. The van der Waals surface area contributed by atoms with Crippen LogP contribution in [0.2, 0.25) is 0 Å². The summed E-state index contributed by atoms with van der Waals surface area (Å²) < 4.78 is 0. The van der Waals surface area contributed by atoms with E-state index < -0.39 is 0 Å². The molecule has 0 aliphatic rings. The second-order valence-corrected chi connectivity index (χ2v) is 3.25. The lowest BCUT2D eigenvalue weighted by atomic mass is 10.1. The lowest BCUT2D eigenvalue weighted by Gasteiger charge is -2.24. The molecule has 0 aromatic heterocycles. The second-order valence-electron chi connectivity index (χ2n) is 3.25. The zero-order chi connectivity index (χ0) is 11.0. The molecule has 0 aromatic carbocycles. The highest BCUT2D eigenvalue weighted by Gasteiger charge is 2.18. The van der Waals surface area contributed by atoms with Crippen molar-refractivity contribution in [3.8, 4) is 0 Å². The van der Waals surface area contributed by atoms with Crippen molar-refractivity contribution >= 4 is 5.91 Å². The fraction of sp³-hybridized carbons (Fsp3) is 0.889. The fourth-order valence-electron chi connectivity index (χ4n) is 1.26. The summed E-state index contributed by atoms with van der Waals surface area (Å²) in [7, 11) is 0. The summed E-state index contributed by atoms with van der Waals surface area (Å²) in [6.45, 7) is 2.65. The van der Waals surface area contributed by atoms with Crippen LogP contribution in [0, 0.1) is 5.92 Å². The third-order valence-corrected chi connectivity index (χ3v) is 2.07. The number of nitrogens with zero attached hydrogens (tertiary/aromatic N) is 1. The van der Waals surface area contributed by atoms with Gasteiger partial charge in [-0.2, -0.15) is 0 Å². The van der Waals surface area contributed by atoms with E-state index in [2.05, 4.69) is 0 Å². The van der Waals surface area contributed by atoms with Gasteiger partial charge in [0.2, 0.25) is 5.91 Å². The number of aliphatic hydroxyl groups excluding tert-OH is 2. The Kier molecular flexibility index (Phi) is 7.37. The molecule has 0 rings (SSSR count). The zero-order valence-electron chi connectivity index (χ0n) is 8.65. The lowest BCUT2D eigenvalue weighted by Crippen LogP contribution is -2.39. The molecule has 1 atom stereocenters. The maximum Gasteiger partial charge on any atom is 0.225 e. The molecule has 0 aliphatic heterocycles. The molecule has 0 bridgehead atoms. The smallest absolute Gasteiger partial charge is 0.225 e. The second kappa shape index (κ2) is 7.73. The number of amides is 1. The summed E-state index contributed by atoms with van der Waals surface area (Å²) in [5, 5.41) is 17.4. The van der Waals surface area contributed by atoms with E-state index in [0.29, 0.717) is 13.0 Å². The highest BCUT2D eigenvalue weighted by Crippen LogP contribution is 2.05. The Bertz CT molecular complexity index is 158. The molecule has 0 heterocycles. The molecular formula is C9H20N2O3. The molecule has 0 fully saturated rings. The number of hydrogen-bond acceptors (Lipinski definition) is 4. The largest absolute Gasteiger partial charge is 0.395 e. The normalized spacial score (nSPS) is 12.6. The molecule has 1 amide bonds. The summed E-state index contributed by atoms with van der Waals surface area (Å²) in [6.07, 6.45) is 0.631. The highest BCUT2D eigenvalue weighted by molar-refractivity contribution is 5.78. The molecule has 0 aliphatic carbocycles. The van der Waals surface area contributed by atoms with Crippen LogP contribution in [0.5, 0.6) is 0 Å². The van der Waals surface area contributed by atoms with Gasteiger partial charge in [-0.25, -0.2) is 0 Å². The number of hydrogen-bond donors (Lipinski definition) is 3. The first-order valence-electron chi connectivity index (χ1n) is 4.88. The third kappa shape index (κ3) is 4.55. The van der Waals surface area contributed by atoms with E-state index in [-0.39, 0.29) is 38.1 Å². The van der Waals surface area contributed by atoms with Crippen molar-refractivity contribution in [2.24, 2.45) is 11.7 Å². The Morgan fingerprint density at radius 3 is 2.21 bits per heavy atom. The average molecular weight is 204 g/mol. The molecule has 0 radical (unpaired) electrons. The van der Waals surface area contributed by atoms with E-state index in [0.717, 1.165) is 0 Å². The minimum absolute atomic E-state index is 0.0569. The molecule has 5 heteroatoms. The van der Waals surface area contributed by atoms with E-state index in [9.17, 15) is 4.79 Å². The van der Waals surface area contributed by atoms with Crippen molar-refractivity contribution < 1.29 is 15.0 Å². The molecule has 1 unspecified atom stereocenters. The van der Waals surface area contributed by atoms with Crippen molar-refractivity contribution in [1.29, 1.82) is 0 Å². The molecule has 0 saturated heterocycles. The first-order valence-corrected chi connectivity index (χ1v) is 4.88. The quantitative estimate of drug-likeness (QED) is 0.485. The van der Waals surface area contributed by atoms with E-state index in [4.69, 9.17) is 15.9 Å². The van der Waals surface area contributed by atoms with Crippen molar-refractivity contribution in [2.45, 2.75) is 13.3 Å². The van der Waals surface area contributed by atoms with Gasteiger partial charge in [0.05, 0.1) is 13.2 Å². The Balaban J connectivity index is 4.11. The van der Waals surface area contributed by atoms with Crippen LogP contribution in [-0.2, 0) is 4.79 Å². The van der Waals surface area contributed by atoms with Crippen molar-refractivity contribution in [1.82, 2.24) is 4.90 Å². The molecule has 0 aromatic rings. The summed E-state index contributed by atoms with van der Waals surface area (Å²) in [5.41, 5.74) is 5.35. The predicted molar refractivity (Wildman–Crippen MR) is 53.6 cm³/mol. The molecule has 14 heavy (non-hydrogen) atoms. The molecule has 0 saturated carbocycles. The van der Waals surface area contributed by atoms with Crippen LogP contribution in [0.25, 0.3) is 0 Å². The van der Waals surface area contributed by atoms with Gasteiger partial charge in [-0.15, -0.1) is 0 Å². The van der Waals surface area contributed by atoms with E-state index >= 15 is 0 Å². The SMILES string of the molecule is CC(CCN)C(=O)N(CCO)CCO. The Morgan fingerprint density at radius 1 is 1.36 bits per heavy atom. The van der Waals surface area contributed by atoms with Crippen LogP contribution in [0.4, 0.5) is 0 Å². The van der Waals surface area contributed by atoms with Gasteiger partial charge in [-0.1, -0.05) is 6.92 Å². The monoisotopic (exact) mass is 204 g/mol. The van der Waals surface area contributed by atoms with Crippen molar-refractivity contribution in [3.63, 3.8) is 0 Å². The molecule has 4 N–H and O–H groups in total. The molecular weight excluding hydrogens is 184 g/mol. The Hall–Kier alpha value is -0.650. The minimum atomic E-state index is -0.141. The van der Waals surface area contributed by atoms with Crippen LogP contribution in [0.1, 0.15) is 13.3 Å². The van der Waals surface area contributed by atoms with Crippen molar-refractivity contribution in [3.05, 3.63) is 0 Å². The van der Waals surface area contributed by atoms with Crippen molar-refractivity contribution in [2.75, 3.05) is 32.8 Å². The number of rotatable bonds is 7. The van der Waals surface area contributed by atoms with Gasteiger partial charge < -0.3 is 20.8 Å². The topological polar surface area (TPSA) is 86.8 Å². The lowest BCUT2D eigenvalue weighted by molar-refractivity contribution is -0.136. The third-order valence-electron chi connectivity index (χ3n) is 2.07. The van der Waals surface area contributed by atoms with Gasteiger partial charge >= 0.3 is 0 Å². The molecule has 84 valence electrons. The van der Waals surface area contributed by atoms with Crippen LogP contribution in [0.15, 0.2) is 0 Å². The minimum Gasteiger partial charge on any atom is -0.395 e. The maximum atomic E-state index is 11.7. The Labute approximate surface area is 84.5 Å². The summed E-state index contributed by atoms with van der Waals surface area (Å²) >= 11 is 0. The maximum absolute atomic E-state index is 11.7. The van der Waals surface area contributed by atoms with Gasteiger partial charge in [0.15, 0.2) is 0 Å². The molecule has 5 nitrogen and oxygen atoms in total. The van der Waals surface area contributed by atoms with Crippen LogP contribution < -0.4 is 5.73 Å². The molecule has 0 spiro atoms. The summed E-state index contributed by atoms with van der Waals surface area (Å²) in [4.78, 5) is 13.1. The van der Waals surface area contributed by atoms with Gasteiger partial charge in [-0.05, 0) is 13.0 Å². The first kappa shape index (κ1) is 13.4. The summed E-state index contributed by atoms with van der Waals surface area (Å²) in [6, 6.07) is 0. The van der Waals surface area contributed by atoms with E-state index in [1.54, 1.807) is 6.92 Å². The van der Waals surface area contributed by atoms with Gasteiger partial charge in [0.25, 0.3) is 0 Å². The average Bonchev–Trinajstić information content (AvgIpc) is 2.17. The van der Waals surface area contributed by atoms with Crippen LogP contribution >= 0.6 is 0 Å². The summed E-state index contributed by atoms with van der Waals surface area (Å²) in [5.74, 6) is -0.198. The van der Waals surface area contributed by atoms with E-state index in [1.807, 2.05) is 0 Å². The van der Waals surface area contributed by atoms with Crippen LogP contribution in [-0.4, -0.2) is 53.9 Å². The van der Waals surface area contributed by atoms with Gasteiger partial charge in [0.1, 0.15) is 0 Å². The number of carbonyl (C=O) groups is 1. The van der Waals surface area contributed by atoms with Crippen LogP contribution in [0.3, 0.4) is 0 Å². The predicted octanol–water partition coefficient (Wildman–Crippen LogP) is -1.22. The number of aliphatic hydroxyl groups is 2. The zero-order valence-corrected chi connectivity index (χ0v) is 8.65. The standard InChI is InChI=1S/C9H20N2O3/c1-8(2-3-10)9(14)11(4-6-12)5-7-13/h8,12-13H,2-7,10H2,1H3.